The van der Waals surface area contributed by atoms with Crippen LogP contribution in [0.3, 0.4) is 0 Å². The van der Waals surface area contributed by atoms with E-state index >= 15 is 0 Å². The molecular weight excluding hydrogens is 384 g/mol. The van der Waals surface area contributed by atoms with Gasteiger partial charge in [0.15, 0.2) is 17.5 Å². The van der Waals surface area contributed by atoms with Crippen molar-refractivity contribution in [1.82, 2.24) is 5.32 Å². The Hall–Kier alpha value is -3.42. The number of carbonyl (C=O) groups excluding carboxylic acids is 1. The zero-order valence-electron chi connectivity index (χ0n) is 18.1. The van der Waals surface area contributed by atoms with E-state index in [4.69, 9.17) is 19.9 Å². The number of nitrogens with one attached hydrogen (secondary N) is 2. The van der Waals surface area contributed by atoms with Gasteiger partial charge >= 0.3 is 6.09 Å². The number of anilines is 1. The third-order valence-electron chi connectivity index (χ3n) is 3.99. The predicted molar refractivity (Wildman–Crippen MR) is 118 cm³/mol. The summed E-state index contributed by atoms with van der Waals surface area (Å²) >= 11 is 0. The van der Waals surface area contributed by atoms with Gasteiger partial charge in [0.2, 0.25) is 0 Å². The summed E-state index contributed by atoms with van der Waals surface area (Å²) in [6.45, 7) is 5.67. The third kappa shape index (κ3) is 7.20. The number of benzene rings is 2. The van der Waals surface area contributed by atoms with Crippen LogP contribution in [0.15, 0.2) is 53.5 Å². The topological polar surface area (TPSA) is 107 Å². The minimum atomic E-state index is -0.595. The molecule has 0 fully saturated rings. The molecule has 0 bridgehead atoms. The summed E-state index contributed by atoms with van der Waals surface area (Å²) in [5.41, 5.74) is 7.05. The van der Waals surface area contributed by atoms with Crippen molar-refractivity contribution in [1.29, 1.82) is 0 Å². The number of nitrogens with zero attached hydrogens (tertiary/aromatic N) is 1. The fourth-order valence-electron chi connectivity index (χ4n) is 2.66. The molecular formula is C22H30N4O4. The van der Waals surface area contributed by atoms with E-state index < -0.39 is 17.7 Å². The largest absolute Gasteiger partial charge is 0.493 e. The average molecular weight is 415 g/mol. The normalized spacial score (nSPS) is 12.6. The van der Waals surface area contributed by atoms with Crippen LogP contribution >= 0.6 is 0 Å². The lowest BCUT2D eigenvalue weighted by atomic mass is 10.1. The lowest BCUT2D eigenvalue weighted by Gasteiger charge is -2.23. The molecule has 0 spiro atoms. The van der Waals surface area contributed by atoms with Crippen LogP contribution < -0.4 is 25.8 Å². The van der Waals surface area contributed by atoms with Gasteiger partial charge in [0.25, 0.3) is 0 Å². The molecule has 0 aromatic heterocycles. The zero-order chi connectivity index (χ0) is 22.1. The molecule has 162 valence electrons. The monoisotopic (exact) mass is 414 g/mol. The minimum absolute atomic E-state index is 0.203. The fraction of sp³-hybridized carbons (Fsp3) is 0.364. The van der Waals surface area contributed by atoms with Gasteiger partial charge in [-0.2, -0.15) is 0 Å². The number of guanidine groups is 1. The highest BCUT2D eigenvalue weighted by atomic mass is 16.6. The van der Waals surface area contributed by atoms with Crippen LogP contribution in [0, 0.1) is 0 Å². The maximum Gasteiger partial charge on any atom is 0.408 e. The molecule has 0 saturated carbocycles. The molecule has 0 aliphatic rings. The lowest BCUT2D eigenvalue weighted by molar-refractivity contribution is 0.0505. The highest BCUT2D eigenvalue weighted by Gasteiger charge is 2.20. The van der Waals surface area contributed by atoms with E-state index in [9.17, 15) is 4.79 Å². The summed E-state index contributed by atoms with van der Waals surface area (Å²) < 4.78 is 15.9. The molecule has 0 saturated heterocycles. The number of aliphatic imine (C=N–C) groups is 1. The number of methoxy groups -OCH3 is 2. The van der Waals surface area contributed by atoms with E-state index in [0.717, 1.165) is 5.56 Å². The minimum Gasteiger partial charge on any atom is -0.493 e. The molecule has 0 radical (unpaired) electrons. The second kappa shape index (κ2) is 10.4. The maximum atomic E-state index is 12.3. The highest BCUT2D eigenvalue weighted by molar-refractivity contribution is 5.92. The number of ether oxygens (including phenoxy) is 3. The Balaban J connectivity index is 2.11. The van der Waals surface area contributed by atoms with Crippen molar-refractivity contribution in [2.24, 2.45) is 10.7 Å². The van der Waals surface area contributed by atoms with Gasteiger partial charge in [-0.15, -0.1) is 0 Å². The van der Waals surface area contributed by atoms with Crippen molar-refractivity contribution in [3.8, 4) is 11.5 Å². The van der Waals surface area contributed by atoms with E-state index in [0.29, 0.717) is 17.2 Å². The average Bonchev–Trinajstić information content (AvgIpc) is 2.70. The Kier molecular flexibility index (Phi) is 7.91. The summed E-state index contributed by atoms with van der Waals surface area (Å²) in [5, 5.41) is 5.87. The maximum absolute atomic E-state index is 12.3. The quantitative estimate of drug-likeness (QED) is 0.471. The smallest absolute Gasteiger partial charge is 0.408 e. The lowest BCUT2D eigenvalue weighted by Crippen LogP contribution is -2.36. The first-order valence-corrected chi connectivity index (χ1v) is 9.55. The number of amides is 1. The second-order valence-electron chi connectivity index (χ2n) is 7.53. The van der Waals surface area contributed by atoms with Crippen LogP contribution in [0.2, 0.25) is 0 Å². The Morgan fingerprint density at radius 3 is 2.33 bits per heavy atom. The van der Waals surface area contributed by atoms with E-state index in [1.54, 1.807) is 32.4 Å². The number of rotatable bonds is 7. The van der Waals surface area contributed by atoms with Crippen molar-refractivity contribution in [3.05, 3.63) is 54.1 Å². The van der Waals surface area contributed by atoms with Gasteiger partial charge in [0, 0.05) is 11.8 Å². The molecule has 1 amide bonds. The van der Waals surface area contributed by atoms with Gasteiger partial charge in [-0.3, -0.25) is 4.99 Å². The molecule has 8 heteroatoms. The number of hydrogen-bond donors (Lipinski definition) is 3. The van der Waals surface area contributed by atoms with Crippen LogP contribution in [0.1, 0.15) is 32.4 Å². The number of carbonyl (C=O) groups is 1. The Morgan fingerprint density at radius 1 is 1.07 bits per heavy atom. The van der Waals surface area contributed by atoms with Gasteiger partial charge in [0.05, 0.1) is 26.8 Å². The number of nitrogens with two attached hydrogens (primary N) is 1. The van der Waals surface area contributed by atoms with Gasteiger partial charge in [-0.1, -0.05) is 30.3 Å². The van der Waals surface area contributed by atoms with E-state index in [1.807, 2.05) is 51.1 Å². The second-order valence-corrected chi connectivity index (χ2v) is 7.53. The van der Waals surface area contributed by atoms with Crippen molar-refractivity contribution < 1.29 is 19.0 Å². The summed E-state index contributed by atoms with van der Waals surface area (Å²) in [7, 11) is 3.13. The Bertz CT molecular complexity index is 863. The first-order chi connectivity index (χ1) is 14.2. The Morgan fingerprint density at radius 2 is 1.73 bits per heavy atom. The van der Waals surface area contributed by atoms with Gasteiger partial charge in [-0.25, -0.2) is 4.79 Å². The fourth-order valence-corrected chi connectivity index (χ4v) is 2.66. The van der Waals surface area contributed by atoms with E-state index in [2.05, 4.69) is 15.6 Å². The van der Waals surface area contributed by atoms with Gasteiger partial charge in [0.1, 0.15) is 5.60 Å². The first-order valence-electron chi connectivity index (χ1n) is 9.55. The summed E-state index contributed by atoms with van der Waals surface area (Å²) in [5.74, 6) is 1.39. The standard InChI is InChI=1S/C22H30N4O4/c1-22(2,3)30-21(27)26-17(15-9-7-6-8-10-15)14-24-20(23)25-16-11-12-18(28-4)19(13-16)29-5/h6-13,17H,14H2,1-5H3,(H,26,27)(H3,23,24,25). The van der Waals surface area contributed by atoms with Crippen LogP contribution in [0.25, 0.3) is 0 Å². The molecule has 1 unspecified atom stereocenters. The Labute approximate surface area is 177 Å². The summed E-state index contributed by atoms with van der Waals surface area (Å²) in [6, 6.07) is 14.5. The molecule has 0 aliphatic heterocycles. The molecule has 0 heterocycles. The van der Waals surface area contributed by atoms with Crippen LogP contribution in [0.5, 0.6) is 11.5 Å². The number of alkyl carbamates (subject to hydrolysis) is 1. The van der Waals surface area contributed by atoms with E-state index in [1.165, 1.54) is 0 Å². The molecule has 2 aromatic carbocycles. The molecule has 1 atom stereocenters. The van der Waals surface area contributed by atoms with Crippen molar-refractivity contribution in [3.63, 3.8) is 0 Å². The predicted octanol–water partition coefficient (Wildman–Crippen LogP) is 3.70. The van der Waals surface area contributed by atoms with Crippen molar-refractivity contribution in [2.75, 3.05) is 26.1 Å². The van der Waals surface area contributed by atoms with Crippen LogP contribution in [-0.2, 0) is 4.74 Å². The third-order valence-corrected chi connectivity index (χ3v) is 3.99. The van der Waals surface area contributed by atoms with Crippen molar-refractivity contribution >= 4 is 17.7 Å². The van der Waals surface area contributed by atoms with Crippen molar-refractivity contribution in [2.45, 2.75) is 32.4 Å². The van der Waals surface area contributed by atoms with Gasteiger partial charge < -0.3 is 30.6 Å². The van der Waals surface area contributed by atoms with Crippen LogP contribution in [0.4, 0.5) is 10.5 Å². The first kappa shape index (κ1) is 22.9. The van der Waals surface area contributed by atoms with E-state index in [-0.39, 0.29) is 12.5 Å². The molecule has 4 N–H and O–H groups in total. The molecule has 30 heavy (non-hydrogen) atoms. The highest BCUT2D eigenvalue weighted by Crippen LogP contribution is 2.29. The molecule has 8 nitrogen and oxygen atoms in total. The summed E-state index contributed by atoms with van der Waals surface area (Å²) in [6.07, 6.45) is -0.516. The SMILES string of the molecule is COc1ccc(NC(N)=NCC(NC(=O)OC(C)(C)C)c2ccccc2)cc1OC. The zero-order valence-corrected chi connectivity index (χ0v) is 18.1. The number of hydrogen-bond acceptors (Lipinski definition) is 5. The summed E-state index contributed by atoms with van der Waals surface area (Å²) in [4.78, 5) is 16.6. The van der Waals surface area contributed by atoms with Crippen LogP contribution in [-0.4, -0.2) is 38.4 Å². The molecule has 2 aromatic rings. The van der Waals surface area contributed by atoms with Gasteiger partial charge in [-0.05, 0) is 38.5 Å². The molecule has 0 aliphatic carbocycles. The molecule has 2 rings (SSSR count).